The van der Waals surface area contributed by atoms with Crippen molar-refractivity contribution in [1.82, 2.24) is 14.7 Å². The quantitative estimate of drug-likeness (QED) is 0.682. The molecule has 0 aromatic rings. The first-order valence-electron chi connectivity index (χ1n) is 7.76. The Morgan fingerprint density at radius 3 is 2.30 bits per heavy atom. The molecule has 1 spiro atoms. The Bertz CT molecular complexity index is 379. The van der Waals surface area contributed by atoms with Crippen LogP contribution < -0.4 is 0 Å². The predicted octanol–water partition coefficient (Wildman–Crippen LogP) is 1.58. The van der Waals surface area contributed by atoms with Crippen LogP contribution in [0.25, 0.3) is 0 Å². The number of rotatable bonds is 1. The highest BCUT2D eigenvalue weighted by Gasteiger charge is 2.40. The monoisotopic (exact) mass is 279 g/mol. The number of likely N-dealkylation sites (tertiary alicyclic amines) is 1. The van der Waals surface area contributed by atoms with Crippen LogP contribution in [0.15, 0.2) is 11.6 Å². The Kier molecular flexibility index (Phi) is 4.86. The van der Waals surface area contributed by atoms with E-state index < -0.39 is 0 Å². The topological polar surface area (TPSA) is 26.8 Å². The summed E-state index contributed by atoms with van der Waals surface area (Å²) in [4.78, 5) is 19.4. The predicted molar refractivity (Wildman–Crippen MR) is 82.7 cm³/mol. The second kappa shape index (κ2) is 6.27. The van der Waals surface area contributed by atoms with Crippen molar-refractivity contribution in [2.75, 3.05) is 46.8 Å². The van der Waals surface area contributed by atoms with Gasteiger partial charge in [-0.25, -0.2) is 0 Å². The van der Waals surface area contributed by atoms with Gasteiger partial charge < -0.3 is 9.80 Å². The highest BCUT2D eigenvalue weighted by atomic mass is 16.2. The molecule has 114 valence electrons. The molecular formula is C16H29N3O. The number of amides is 1. The molecule has 4 nitrogen and oxygen atoms in total. The maximum absolute atomic E-state index is 12.4. The average Bonchev–Trinajstić information content (AvgIpc) is 2.54. The van der Waals surface area contributed by atoms with Crippen molar-refractivity contribution in [3.63, 3.8) is 0 Å². The zero-order valence-electron chi connectivity index (χ0n) is 13.5. The smallest absolute Gasteiger partial charge is 0.246 e. The minimum atomic E-state index is 0.189. The van der Waals surface area contributed by atoms with Gasteiger partial charge in [-0.05, 0) is 60.3 Å². The molecule has 0 saturated carbocycles. The standard InChI is InChI=1S/C16H29N3O/c1-14(2)12-15(20)19-9-5-8-18(4)16(13-19)6-10-17(3)11-7-16/h12H,5-11,13H2,1-4H3. The lowest BCUT2D eigenvalue weighted by Gasteiger charge is -2.47. The molecule has 2 fully saturated rings. The van der Waals surface area contributed by atoms with E-state index in [0.29, 0.717) is 0 Å². The zero-order valence-corrected chi connectivity index (χ0v) is 13.5. The second-order valence-corrected chi connectivity index (χ2v) is 6.78. The number of hydrogen-bond donors (Lipinski definition) is 0. The number of hydrogen-bond acceptors (Lipinski definition) is 3. The first-order valence-corrected chi connectivity index (χ1v) is 7.76. The SMILES string of the molecule is CC(C)=CC(=O)N1CCCN(C)C2(CCN(C)CC2)C1. The van der Waals surface area contributed by atoms with E-state index in [4.69, 9.17) is 0 Å². The number of carbonyl (C=O) groups excluding carboxylic acids is 1. The van der Waals surface area contributed by atoms with Gasteiger partial charge in [0.15, 0.2) is 0 Å². The Hall–Kier alpha value is -0.870. The number of piperidine rings is 1. The van der Waals surface area contributed by atoms with Gasteiger partial charge >= 0.3 is 0 Å². The van der Waals surface area contributed by atoms with Gasteiger partial charge in [0.25, 0.3) is 0 Å². The minimum absolute atomic E-state index is 0.189. The fourth-order valence-electron chi connectivity index (χ4n) is 3.39. The molecule has 20 heavy (non-hydrogen) atoms. The summed E-state index contributed by atoms with van der Waals surface area (Å²) in [6, 6.07) is 0. The summed E-state index contributed by atoms with van der Waals surface area (Å²) in [5, 5.41) is 0. The maximum atomic E-state index is 12.4. The third kappa shape index (κ3) is 3.41. The van der Waals surface area contributed by atoms with Crippen molar-refractivity contribution < 1.29 is 4.79 Å². The molecule has 4 heteroatoms. The van der Waals surface area contributed by atoms with Crippen LogP contribution in [0.2, 0.25) is 0 Å². The summed E-state index contributed by atoms with van der Waals surface area (Å²) in [5.41, 5.74) is 1.28. The Morgan fingerprint density at radius 2 is 1.70 bits per heavy atom. The Labute approximate surface area is 123 Å². The zero-order chi connectivity index (χ0) is 14.8. The maximum Gasteiger partial charge on any atom is 0.246 e. The fraction of sp³-hybridized carbons (Fsp3) is 0.812. The molecule has 0 aromatic heterocycles. The summed E-state index contributed by atoms with van der Waals surface area (Å²) in [7, 11) is 4.43. The normalized spacial score (nSPS) is 24.5. The first-order chi connectivity index (χ1) is 9.43. The van der Waals surface area contributed by atoms with Gasteiger partial charge in [-0.1, -0.05) is 5.57 Å². The van der Waals surface area contributed by atoms with Gasteiger partial charge in [0.1, 0.15) is 0 Å². The molecule has 0 aliphatic carbocycles. The second-order valence-electron chi connectivity index (χ2n) is 6.78. The van der Waals surface area contributed by atoms with E-state index in [1.165, 1.54) is 12.8 Å². The van der Waals surface area contributed by atoms with Crippen molar-refractivity contribution >= 4 is 5.91 Å². The van der Waals surface area contributed by atoms with Crippen molar-refractivity contribution in [2.45, 2.75) is 38.6 Å². The minimum Gasteiger partial charge on any atom is -0.337 e. The van der Waals surface area contributed by atoms with Gasteiger partial charge in [0.05, 0.1) is 0 Å². The first kappa shape index (κ1) is 15.5. The van der Waals surface area contributed by atoms with E-state index in [1.54, 1.807) is 6.08 Å². The molecular weight excluding hydrogens is 250 g/mol. The van der Waals surface area contributed by atoms with Crippen molar-refractivity contribution in [3.8, 4) is 0 Å². The van der Waals surface area contributed by atoms with Crippen molar-refractivity contribution in [2.24, 2.45) is 0 Å². The van der Waals surface area contributed by atoms with Gasteiger partial charge in [0, 0.05) is 31.2 Å². The third-order valence-corrected chi connectivity index (χ3v) is 4.86. The van der Waals surface area contributed by atoms with E-state index in [-0.39, 0.29) is 11.4 Å². The van der Waals surface area contributed by atoms with E-state index >= 15 is 0 Å². The van der Waals surface area contributed by atoms with Crippen LogP contribution in [0.3, 0.4) is 0 Å². The Balaban J connectivity index is 2.14. The largest absolute Gasteiger partial charge is 0.337 e. The number of likely N-dealkylation sites (N-methyl/N-ethyl adjacent to an activating group) is 1. The molecule has 2 heterocycles. The molecule has 0 bridgehead atoms. The summed E-state index contributed by atoms with van der Waals surface area (Å²) >= 11 is 0. The molecule has 0 N–H and O–H groups in total. The molecule has 0 atom stereocenters. The third-order valence-electron chi connectivity index (χ3n) is 4.86. The molecule has 2 aliphatic heterocycles. The van der Waals surface area contributed by atoms with E-state index in [2.05, 4.69) is 28.8 Å². The molecule has 2 rings (SSSR count). The van der Waals surface area contributed by atoms with Gasteiger partial charge in [-0.3, -0.25) is 9.69 Å². The van der Waals surface area contributed by atoms with E-state index in [0.717, 1.165) is 44.7 Å². The van der Waals surface area contributed by atoms with Crippen LogP contribution in [0, 0.1) is 0 Å². The molecule has 0 radical (unpaired) electrons. The van der Waals surface area contributed by atoms with Crippen molar-refractivity contribution in [1.29, 1.82) is 0 Å². The van der Waals surface area contributed by atoms with Crippen LogP contribution in [0.4, 0.5) is 0 Å². The van der Waals surface area contributed by atoms with E-state index in [1.807, 2.05) is 13.8 Å². The van der Waals surface area contributed by atoms with Crippen LogP contribution in [0.1, 0.15) is 33.1 Å². The van der Waals surface area contributed by atoms with E-state index in [9.17, 15) is 4.79 Å². The molecule has 2 aliphatic rings. The summed E-state index contributed by atoms with van der Waals surface area (Å²) in [5.74, 6) is 0.193. The van der Waals surface area contributed by atoms with Crippen molar-refractivity contribution in [3.05, 3.63) is 11.6 Å². The number of allylic oxidation sites excluding steroid dienone is 1. The van der Waals surface area contributed by atoms with Crippen LogP contribution in [-0.4, -0.2) is 73.0 Å². The van der Waals surface area contributed by atoms with Crippen LogP contribution >= 0.6 is 0 Å². The lowest BCUT2D eigenvalue weighted by molar-refractivity contribution is -0.127. The van der Waals surface area contributed by atoms with Gasteiger partial charge in [-0.2, -0.15) is 0 Å². The van der Waals surface area contributed by atoms with Crippen LogP contribution in [-0.2, 0) is 4.79 Å². The number of nitrogens with zero attached hydrogens (tertiary/aromatic N) is 3. The summed E-state index contributed by atoms with van der Waals surface area (Å²) < 4.78 is 0. The van der Waals surface area contributed by atoms with Crippen LogP contribution in [0.5, 0.6) is 0 Å². The summed E-state index contributed by atoms with van der Waals surface area (Å²) in [6.45, 7) is 9.14. The molecule has 1 amide bonds. The highest BCUT2D eigenvalue weighted by Crippen LogP contribution is 2.30. The molecule has 0 aromatic carbocycles. The summed E-state index contributed by atoms with van der Waals surface area (Å²) in [6.07, 6.45) is 5.20. The lowest BCUT2D eigenvalue weighted by Crippen LogP contribution is -2.58. The van der Waals surface area contributed by atoms with Gasteiger partial charge in [-0.15, -0.1) is 0 Å². The Morgan fingerprint density at radius 1 is 1.05 bits per heavy atom. The fourth-order valence-corrected chi connectivity index (χ4v) is 3.39. The molecule has 2 saturated heterocycles. The average molecular weight is 279 g/mol. The lowest BCUT2D eigenvalue weighted by atomic mass is 9.85. The number of carbonyl (C=O) groups is 1. The van der Waals surface area contributed by atoms with Gasteiger partial charge in [0.2, 0.25) is 5.91 Å². The highest BCUT2D eigenvalue weighted by molar-refractivity contribution is 5.88. The molecule has 0 unspecified atom stereocenters.